The van der Waals surface area contributed by atoms with Gasteiger partial charge in [-0.3, -0.25) is 0 Å². The lowest BCUT2D eigenvalue weighted by atomic mass is 10.0. The molecule has 2 aromatic rings. The third kappa shape index (κ3) is 3.05. The molecule has 0 fully saturated rings. The standard InChI is InChI=1S/C15H10Br2ClFO2/c16-10-5-8(1-2-12(10)19)15(17)9-6-13-14(7-11(9)18)21-4-3-20-13/h1-2,5-7,15H,3-4H2. The first-order chi connectivity index (χ1) is 10.1. The van der Waals surface area contributed by atoms with Gasteiger partial charge in [-0.15, -0.1) is 0 Å². The molecular weight excluding hydrogens is 426 g/mol. The van der Waals surface area contributed by atoms with E-state index in [1.54, 1.807) is 18.2 Å². The minimum absolute atomic E-state index is 0.169. The number of alkyl halides is 1. The van der Waals surface area contributed by atoms with Crippen molar-refractivity contribution in [1.29, 1.82) is 0 Å². The number of benzene rings is 2. The van der Waals surface area contributed by atoms with E-state index in [1.807, 2.05) is 6.07 Å². The Kier molecular flexibility index (Phi) is 4.43. The first kappa shape index (κ1) is 15.1. The second-order valence-corrected chi connectivity index (χ2v) is 6.73. The predicted molar refractivity (Wildman–Crippen MR) is 87.3 cm³/mol. The topological polar surface area (TPSA) is 18.5 Å². The first-order valence-electron chi connectivity index (χ1n) is 6.24. The van der Waals surface area contributed by atoms with Gasteiger partial charge in [-0.1, -0.05) is 33.6 Å². The third-order valence-electron chi connectivity index (χ3n) is 3.17. The Morgan fingerprint density at radius 2 is 1.76 bits per heavy atom. The molecule has 1 aliphatic rings. The van der Waals surface area contributed by atoms with Crippen LogP contribution in [0.2, 0.25) is 5.02 Å². The first-order valence-corrected chi connectivity index (χ1v) is 8.33. The molecular formula is C15H10Br2ClFO2. The van der Waals surface area contributed by atoms with Crippen molar-refractivity contribution in [2.75, 3.05) is 13.2 Å². The van der Waals surface area contributed by atoms with Gasteiger partial charge in [0.2, 0.25) is 0 Å². The lowest BCUT2D eigenvalue weighted by Crippen LogP contribution is -2.15. The maximum atomic E-state index is 13.3. The average Bonchev–Trinajstić information content (AvgIpc) is 2.48. The Hall–Kier alpha value is -0.780. The summed E-state index contributed by atoms with van der Waals surface area (Å²) in [6.45, 7) is 1.04. The molecule has 6 heteroatoms. The lowest BCUT2D eigenvalue weighted by molar-refractivity contribution is 0.171. The quantitative estimate of drug-likeness (QED) is 0.579. The molecule has 0 spiro atoms. The van der Waals surface area contributed by atoms with Crippen LogP contribution >= 0.6 is 43.5 Å². The second kappa shape index (κ2) is 6.15. The maximum absolute atomic E-state index is 13.3. The van der Waals surface area contributed by atoms with Gasteiger partial charge in [0, 0.05) is 11.1 Å². The molecule has 0 bridgehead atoms. The smallest absolute Gasteiger partial charge is 0.162 e. The number of hydrogen-bond donors (Lipinski definition) is 0. The van der Waals surface area contributed by atoms with Crippen molar-refractivity contribution in [3.05, 3.63) is 56.8 Å². The minimum Gasteiger partial charge on any atom is -0.486 e. The molecule has 3 rings (SSSR count). The van der Waals surface area contributed by atoms with Gasteiger partial charge in [-0.2, -0.15) is 0 Å². The van der Waals surface area contributed by atoms with Crippen molar-refractivity contribution in [3.63, 3.8) is 0 Å². The molecule has 1 unspecified atom stereocenters. The van der Waals surface area contributed by atoms with Crippen molar-refractivity contribution in [3.8, 4) is 11.5 Å². The van der Waals surface area contributed by atoms with Crippen molar-refractivity contribution in [1.82, 2.24) is 0 Å². The molecule has 0 amide bonds. The summed E-state index contributed by atoms with van der Waals surface area (Å²) < 4.78 is 24.8. The summed E-state index contributed by atoms with van der Waals surface area (Å²) in [5, 5.41) is 0.571. The zero-order chi connectivity index (χ0) is 15.0. The molecule has 2 nitrogen and oxygen atoms in total. The molecule has 0 saturated carbocycles. The number of ether oxygens (including phenoxy) is 2. The van der Waals surface area contributed by atoms with Crippen LogP contribution < -0.4 is 9.47 Å². The predicted octanol–water partition coefficient (Wildman–Crippen LogP) is 5.50. The maximum Gasteiger partial charge on any atom is 0.162 e. The molecule has 1 atom stereocenters. The van der Waals surface area contributed by atoms with Gasteiger partial charge >= 0.3 is 0 Å². The van der Waals surface area contributed by atoms with Gasteiger partial charge in [0.15, 0.2) is 11.5 Å². The third-order valence-corrected chi connectivity index (χ3v) is 5.13. The number of fused-ring (bicyclic) bond motifs is 1. The van der Waals surface area contributed by atoms with E-state index >= 15 is 0 Å². The fraction of sp³-hybridized carbons (Fsp3) is 0.200. The highest BCUT2D eigenvalue weighted by Crippen LogP contribution is 2.42. The SMILES string of the molecule is Fc1ccc(C(Br)c2cc3c(cc2Cl)OCCO3)cc1Br. The highest BCUT2D eigenvalue weighted by molar-refractivity contribution is 9.10. The van der Waals surface area contributed by atoms with E-state index < -0.39 is 0 Å². The van der Waals surface area contributed by atoms with Crippen LogP contribution in [0.4, 0.5) is 4.39 Å². The fourth-order valence-corrected chi connectivity index (χ4v) is 3.58. The molecule has 110 valence electrons. The molecule has 1 aliphatic heterocycles. The van der Waals surface area contributed by atoms with Gasteiger partial charge in [-0.05, 0) is 45.3 Å². The fourth-order valence-electron chi connectivity index (χ4n) is 2.12. The molecule has 21 heavy (non-hydrogen) atoms. The van der Waals surface area contributed by atoms with E-state index in [9.17, 15) is 4.39 Å². The van der Waals surface area contributed by atoms with E-state index in [4.69, 9.17) is 21.1 Å². The van der Waals surface area contributed by atoms with Gasteiger partial charge in [0.1, 0.15) is 19.0 Å². The van der Waals surface area contributed by atoms with Crippen molar-refractivity contribution >= 4 is 43.5 Å². The minimum atomic E-state index is -0.299. The molecule has 0 aromatic heterocycles. The molecule has 0 saturated heterocycles. The highest BCUT2D eigenvalue weighted by atomic mass is 79.9. The van der Waals surface area contributed by atoms with Gasteiger partial charge < -0.3 is 9.47 Å². The van der Waals surface area contributed by atoms with E-state index in [-0.39, 0.29) is 10.6 Å². The van der Waals surface area contributed by atoms with Gasteiger partial charge in [0.25, 0.3) is 0 Å². The van der Waals surface area contributed by atoms with Gasteiger partial charge in [-0.25, -0.2) is 4.39 Å². The molecule has 2 aromatic carbocycles. The van der Waals surface area contributed by atoms with E-state index in [1.165, 1.54) is 6.07 Å². The monoisotopic (exact) mass is 434 g/mol. The van der Waals surface area contributed by atoms with Crippen LogP contribution in [-0.2, 0) is 0 Å². The van der Waals surface area contributed by atoms with Crippen LogP contribution in [0.25, 0.3) is 0 Å². The van der Waals surface area contributed by atoms with Crippen molar-refractivity contribution in [2.24, 2.45) is 0 Å². The van der Waals surface area contributed by atoms with Crippen LogP contribution in [0.15, 0.2) is 34.8 Å². The number of hydrogen-bond acceptors (Lipinski definition) is 2. The summed E-state index contributed by atoms with van der Waals surface area (Å²) in [4.78, 5) is -0.169. The Balaban J connectivity index is 2.00. The summed E-state index contributed by atoms with van der Waals surface area (Å²) in [5.41, 5.74) is 1.74. The van der Waals surface area contributed by atoms with Gasteiger partial charge in [0.05, 0.1) is 9.30 Å². The van der Waals surface area contributed by atoms with E-state index in [2.05, 4.69) is 31.9 Å². The Bertz CT molecular complexity index is 694. The zero-order valence-electron chi connectivity index (χ0n) is 10.7. The van der Waals surface area contributed by atoms with E-state index in [0.29, 0.717) is 34.2 Å². The van der Waals surface area contributed by atoms with Crippen LogP contribution in [-0.4, -0.2) is 13.2 Å². The lowest BCUT2D eigenvalue weighted by Gasteiger charge is -2.21. The number of rotatable bonds is 2. The van der Waals surface area contributed by atoms with Crippen LogP contribution in [0.3, 0.4) is 0 Å². The second-order valence-electron chi connectivity index (χ2n) is 4.55. The van der Waals surface area contributed by atoms with Crippen molar-refractivity contribution < 1.29 is 13.9 Å². The normalized spacial score (nSPS) is 14.9. The largest absolute Gasteiger partial charge is 0.486 e. The Morgan fingerprint density at radius 3 is 2.43 bits per heavy atom. The Labute approximate surface area is 143 Å². The average molecular weight is 437 g/mol. The number of halogens is 4. The summed E-state index contributed by atoms with van der Waals surface area (Å²) >= 11 is 13.1. The van der Waals surface area contributed by atoms with Crippen molar-refractivity contribution in [2.45, 2.75) is 4.83 Å². The summed E-state index contributed by atoms with van der Waals surface area (Å²) in [7, 11) is 0. The summed E-state index contributed by atoms with van der Waals surface area (Å²) in [6.07, 6.45) is 0. The van der Waals surface area contributed by atoms with Crippen LogP contribution in [0.1, 0.15) is 16.0 Å². The molecule has 0 aliphatic carbocycles. The van der Waals surface area contributed by atoms with Crippen LogP contribution in [0, 0.1) is 5.82 Å². The summed E-state index contributed by atoms with van der Waals surface area (Å²) in [5.74, 6) is 1.02. The molecule has 1 heterocycles. The van der Waals surface area contributed by atoms with E-state index in [0.717, 1.165) is 11.1 Å². The molecule has 0 N–H and O–H groups in total. The zero-order valence-corrected chi connectivity index (χ0v) is 14.6. The Morgan fingerprint density at radius 1 is 1.10 bits per heavy atom. The molecule has 0 radical (unpaired) electrons. The van der Waals surface area contributed by atoms with Crippen LogP contribution in [0.5, 0.6) is 11.5 Å². The highest BCUT2D eigenvalue weighted by Gasteiger charge is 2.20. The summed E-state index contributed by atoms with van der Waals surface area (Å²) in [6, 6.07) is 8.46.